The van der Waals surface area contributed by atoms with Crippen LogP contribution in [0.3, 0.4) is 0 Å². The lowest BCUT2D eigenvalue weighted by molar-refractivity contribution is 0.554. The molecule has 0 unspecified atom stereocenters. The predicted octanol–water partition coefficient (Wildman–Crippen LogP) is 1.87. The highest BCUT2D eigenvalue weighted by Crippen LogP contribution is 1.97. The molecule has 0 aliphatic heterocycles. The summed E-state index contributed by atoms with van der Waals surface area (Å²) < 4.78 is 0. The average Bonchev–Trinajstić information content (AvgIpc) is 2.31. The molecule has 0 fully saturated rings. The first-order valence-electron chi connectivity index (χ1n) is 7.03. The van der Waals surface area contributed by atoms with Crippen molar-refractivity contribution in [3.05, 3.63) is 0 Å². The van der Waals surface area contributed by atoms with E-state index in [0.717, 1.165) is 19.6 Å². The van der Waals surface area contributed by atoms with Gasteiger partial charge in [-0.05, 0) is 38.9 Å². The zero-order chi connectivity index (χ0) is 11.9. The molecule has 0 aromatic heterocycles. The van der Waals surface area contributed by atoms with Crippen LogP contribution in [-0.4, -0.2) is 32.7 Å². The van der Waals surface area contributed by atoms with Crippen LogP contribution < -0.4 is 16.4 Å². The number of hydrogen-bond donors (Lipinski definition) is 3. The lowest BCUT2D eigenvalue weighted by Gasteiger charge is -2.05. The van der Waals surface area contributed by atoms with Crippen molar-refractivity contribution in [2.75, 3.05) is 32.7 Å². The molecule has 0 aliphatic rings. The van der Waals surface area contributed by atoms with Crippen molar-refractivity contribution >= 4 is 0 Å². The monoisotopic (exact) mass is 229 g/mol. The van der Waals surface area contributed by atoms with Gasteiger partial charge in [-0.25, -0.2) is 0 Å². The molecule has 0 saturated carbocycles. The molecule has 98 valence electrons. The smallest absolute Gasteiger partial charge is 0.00745 e. The Bertz CT molecular complexity index is 104. The molecule has 0 aromatic rings. The van der Waals surface area contributed by atoms with Crippen LogP contribution in [0.5, 0.6) is 0 Å². The molecule has 0 amide bonds. The fraction of sp³-hybridized carbons (Fsp3) is 1.00. The van der Waals surface area contributed by atoms with E-state index in [9.17, 15) is 0 Å². The summed E-state index contributed by atoms with van der Waals surface area (Å²) in [5, 5.41) is 6.82. The molecular formula is C13H31N3. The van der Waals surface area contributed by atoms with Crippen LogP contribution in [0.25, 0.3) is 0 Å². The van der Waals surface area contributed by atoms with E-state index in [1.54, 1.807) is 0 Å². The number of nitrogens with one attached hydrogen (secondary N) is 2. The highest BCUT2D eigenvalue weighted by Gasteiger charge is 1.91. The van der Waals surface area contributed by atoms with Crippen LogP contribution >= 0.6 is 0 Å². The summed E-state index contributed by atoms with van der Waals surface area (Å²) in [6.45, 7) is 7.46. The summed E-state index contributed by atoms with van der Waals surface area (Å²) in [5.74, 6) is 0. The molecule has 3 nitrogen and oxygen atoms in total. The van der Waals surface area contributed by atoms with Crippen molar-refractivity contribution in [3.8, 4) is 0 Å². The van der Waals surface area contributed by atoms with Crippen molar-refractivity contribution < 1.29 is 0 Å². The lowest BCUT2D eigenvalue weighted by Crippen LogP contribution is -2.23. The molecule has 0 heterocycles. The van der Waals surface area contributed by atoms with Crippen molar-refractivity contribution in [1.82, 2.24) is 10.6 Å². The summed E-state index contributed by atoms with van der Waals surface area (Å²) in [7, 11) is 0. The van der Waals surface area contributed by atoms with E-state index in [-0.39, 0.29) is 0 Å². The molecule has 0 bridgehead atoms. The van der Waals surface area contributed by atoms with Crippen molar-refractivity contribution in [1.29, 1.82) is 0 Å². The van der Waals surface area contributed by atoms with Gasteiger partial charge in [0, 0.05) is 13.1 Å². The third kappa shape index (κ3) is 13.9. The van der Waals surface area contributed by atoms with Gasteiger partial charge in [0.25, 0.3) is 0 Å². The Balaban J connectivity index is 2.83. The molecule has 0 spiro atoms. The van der Waals surface area contributed by atoms with Gasteiger partial charge in [-0.1, -0.05) is 32.6 Å². The third-order valence-electron chi connectivity index (χ3n) is 2.74. The van der Waals surface area contributed by atoms with Crippen LogP contribution in [0.2, 0.25) is 0 Å². The van der Waals surface area contributed by atoms with E-state index >= 15 is 0 Å². The van der Waals surface area contributed by atoms with Gasteiger partial charge in [-0.3, -0.25) is 0 Å². The second kappa shape index (κ2) is 14.9. The molecule has 0 aliphatic carbocycles. The second-order valence-corrected chi connectivity index (χ2v) is 4.41. The fourth-order valence-corrected chi connectivity index (χ4v) is 1.71. The summed E-state index contributed by atoms with van der Waals surface area (Å²) in [6.07, 6.45) is 9.33. The van der Waals surface area contributed by atoms with Crippen molar-refractivity contribution in [3.63, 3.8) is 0 Å². The van der Waals surface area contributed by atoms with E-state index in [1.165, 1.54) is 58.0 Å². The molecular weight excluding hydrogens is 198 g/mol. The maximum absolute atomic E-state index is 5.39. The quantitative estimate of drug-likeness (QED) is 0.423. The van der Waals surface area contributed by atoms with Gasteiger partial charge in [-0.2, -0.15) is 0 Å². The third-order valence-corrected chi connectivity index (χ3v) is 2.74. The van der Waals surface area contributed by atoms with Gasteiger partial charge >= 0.3 is 0 Å². The van der Waals surface area contributed by atoms with E-state index < -0.39 is 0 Å². The van der Waals surface area contributed by atoms with E-state index in [0.29, 0.717) is 0 Å². The van der Waals surface area contributed by atoms with Gasteiger partial charge in [0.05, 0.1) is 0 Å². The molecule has 0 radical (unpaired) electrons. The predicted molar refractivity (Wildman–Crippen MR) is 72.8 cm³/mol. The summed E-state index contributed by atoms with van der Waals surface area (Å²) >= 11 is 0. The topological polar surface area (TPSA) is 50.1 Å². The SMILES string of the molecule is CCCCCCNCCCCCNCCN. The van der Waals surface area contributed by atoms with Crippen LogP contribution in [0.4, 0.5) is 0 Å². The molecule has 4 N–H and O–H groups in total. The summed E-state index contributed by atoms with van der Waals surface area (Å²) in [6, 6.07) is 0. The largest absolute Gasteiger partial charge is 0.329 e. The Morgan fingerprint density at radius 1 is 0.688 bits per heavy atom. The van der Waals surface area contributed by atoms with Gasteiger partial charge in [0.15, 0.2) is 0 Å². The first-order valence-corrected chi connectivity index (χ1v) is 7.03. The molecule has 0 saturated heterocycles. The van der Waals surface area contributed by atoms with Gasteiger partial charge in [-0.15, -0.1) is 0 Å². The van der Waals surface area contributed by atoms with Gasteiger partial charge in [0.2, 0.25) is 0 Å². The highest BCUT2D eigenvalue weighted by molar-refractivity contribution is 4.52. The molecule has 16 heavy (non-hydrogen) atoms. The minimum atomic E-state index is 0.749. The lowest BCUT2D eigenvalue weighted by atomic mass is 10.2. The summed E-state index contributed by atoms with van der Waals surface area (Å²) in [4.78, 5) is 0. The summed E-state index contributed by atoms with van der Waals surface area (Å²) in [5.41, 5.74) is 5.39. The zero-order valence-electron chi connectivity index (χ0n) is 11.1. The van der Waals surface area contributed by atoms with E-state index in [4.69, 9.17) is 5.73 Å². The second-order valence-electron chi connectivity index (χ2n) is 4.41. The Morgan fingerprint density at radius 2 is 1.19 bits per heavy atom. The number of hydrogen-bond acceptors (Lipinski definition) is 3. The molecule has 3 heteroatoms. The number of unbranched alkanes of at least 4 members (excludes halogenated alkanes) is 5. The molecule has 0 rings (SSSR count). The Hall–Kier alpha value is -0.120. The zero-order valence-corrected chi connectivity index (χ0v) is 11.1. The number of nitrogens with two attached hydrogens (primary N) is 1. The maximum atomic E-state index is 5.39. The van der Waals surface area contributed by atoms with Crippen LogP contribution in [0, 0.1) is 0 Å². The minimum absolute atomic E-state index is 0.749. The molecule has 0 aromatic carbocycles. The average molecular weight is 229 g/mol. The Kier molecular flexibility index (Phi) is 14.8. The minimum Gasteiger partial charge on any atom is -0.329 e. The first kappa shape index (κ1) is 15.9. The van der Waals surface area contributed by atoms with Crippen LogP contribution in [0.1, 0.15) is 51.9 Å². The van der Waals surface area contributed by atoms with Crippen molar-refractivity contribution in [2.45, 2.75) is 51.9 Å². The first-order chi connectivity index (χ1) is 7.91. The molecule has 0 atom stereocenters. The Morgan fingerprint density at radius 3 is 1.69 bits per heavy atom. The van der Waals surface area contributed by atoms with E-state index in [2.05, 4.69) is 17.6 Å². The Labute approximate surface area is 102 Å². The van der Waals surface area contributed by atoms with Gasteiger partial charge < -0.3 is 16.4 Å². The van der Waals surface area contributed by atoms with Crippen molar-refractivity contribution in [2.24, 2.45) is 5.73 Å². The van der Waals surface area contributed by atoms with Crippen LogP contribution in [0.15, 0.2) is 0 Å². The standard InChI is InChI=1S/C13H31N3/c1-2-3-4-6-10-15-11-7-5-8-12-16-13-9-14/h15-16H,2-14H2,1H3. The normalized spacial score (nSPS) is 10.9. The maximum Gasteiger partial charge on any atom is 0.00745 e. The van der Waals surface area contributed by atoms with Gasteiger partial charge in [0.1, 0.15) is 0 Å². The van der Waals surface area contributed by atoms with Crippen LogP contribution in [-0.2, 0) is 0 Å². The fourth-order valence-electron chi connectivity index (χ4n) is 1.71. The highest BCUT2D eigenvalue weighted by atomic mass is 14.9. The van der Waals surface area contributed by atoms with E-state index in [1.807, 2.05) is 0 Å². The number of rotatable bonds is 13.